The van der Waals surface area contributed by atoms with E-state index in [-0.39, 0.29) is 11.9 Å². The Morgan fingerprint density at radius 3 is 2.89 bits per heavy atom. The van der Waals surface area contributed by atoms with Crippen molar-refractivity contribution in [1.82, 2.24) is 10.2 Å². The SMILES string of the molecule is CCCC[C@H](N)C(=O)NCCCN1CCCCC1C. The highest BCUT2D eigenvalue weighted by atomic mass is 16.2. The smallest absolute Gasteiger partial charge is 0.236 e. The minimum atomic E-state index is -0.325. The zero-order valence-electron chi connectivity index (χ0n) is 12.7. The molecule has 0 bridgehead atoms. The van der Waals surface area contributed by atoms with Gasteiger partial charge in [0.1, 0.15) is 0 Å². The maximum absolute atomic E-state index is 11.7. The highest BCUT2D eigenvalue weighted by Gasteiger charge is 2.17. The molecule has 0 aromatic carbocycles. The van der Waals surface area contributed by atoms with Crippen molar-refractivity contribution >= 4 is 5.91 Å². The van der Waals surface area contributed by atoms with E-state index in [2.05, 4.69) is 24.1 Å². The van der Waals surface area contributed by atoms with Gasteiger partial charge in [-0.2, -0.15) is 0 Å². The van der Waals surface area contributed by atoms with Gasteiger partial charge in [0.25, 0.3) is 0 Å². The van der Waals surface area contributed by atoms with Gasteiger partial charge >= 0.3 is 0 Å². The normalized spacial score (nSPS) is 22.2. The van der Waals surface area contributed by atoms with Crippen molar-refractivity contribution in [3.8, 4) is 0 Å². The first-order valence-electron chi connectivity index (χ1n) is 7.92. The predicted octanol–water partition coefficient (Wildman–Crippen LogP) is 1.88. The molecule has 1 amide bonds. The van der Waals surface area contributed by atoms with Gasteiger partial charge in [0.2, 0.25) is 5.91 Å². The Hall–Kier alpha value is -0.610. The summed E-state index contributed by atoms with van der Waals surface area (Å²) in [6.45, 7) is 7.47. The van der Waals surface area contributed by atoms with Crippen molar-refractivity contribution in [2.75, 3.05) is 19.6 Å². The quantitative estimate of drug-likeness (QED) is 0.662. The van der Waals surface area contributed by atoms with E-state index in [0.717, 1.165) is 38.8 Å². The number of carbonyl (C=O) groups is 1. The Balaban J connectivity index is 2.07. The number of rotatable bonds is 8. The molecular weight excluding hydrogens is 238 g/mol. The Bertz CT molecular complexity index is 258. The lowest BCUT2D eigenvalue weighted by atomic mass is 10.0. The van der Waals surface area contributed by atoms with E-state index in [1.54, 1.807) is 0 Å². The van der Waals surface area contributed by atoms with Crippen LogP contribution in [0.1, 0.15) is 58.8 Å². The molecule has 0 aromatic heterocycles. The standard InChI is InChI=1S/C15H31N3O/c1-3-4-9-14(16)15(19)17-10-7-12-18-11-6-5-8-13(18)2/h13-14H,3-12,16H2,1-2H3,(H,17,19)/t13?,14-/m0/s1. The third-order valence-electron chi connectivity index (χ3n) is 4.07. The van der Waals surface area contributed by atoms with E-state index in [9.17, 15) is 4.79 Å². The van der Waals surface area contributed by atoms with Gasteiger partial charge in [0.15, 0.2) is 0 Å². The summed E-state index contributed by atoms with van der Waals surface area (Å²) in [6.07, 6.45) is 7.93. The van der Waals surface area contributed by atoms with Gasteiger partial charge in [-0.05, 0) is 39.2 Å². The minimum Gasteiger partial charge on any atom is -0.355 e. The lowest BCUT2D eigenvalue weighted by Crippen LogP contribution is -2.42. The van der Waals surface area contributed by atoms with Crippen molar-refractivity contribution in [1.29, 1.82) is 0 Å². The molecule has 0 radical (unpaired) electrons. The van der Waals surface area contributed by atoms with E-state index < -0.39 is 0 Å². The van der Waals surface area contributed by atoms with Crippen molar-refractivity contribution < 1.29 is 4.79 Å². The zero-order chi connectivity index (χ0) is 14.1. The number of unbranched alkanes of at least 4 members (excludes halogenated alkanes) is 1. The van der Waals surface area contributed by atoms with E-state index in [0.29, 0.717) is 6.04 Å². The van der Waals surface area contributed by atoms with Crippen LogP contribution in [0.4, 0.5) is 0 Å². The van der Waals surface area contributed by atoms with Gasteiger partial charge in [0.05, 0.1) is 6.04 Å². The molecule has 4 heteroatoms. The number of piperidine rings is 1. The van der Waals surface area contributed by atoms with Crippen LogP contribution in [0.3, 0.4) is 0 Å². The van der Waals surface area contributed by atoms with Gasteiger partial charge in [-0.15, -0.1) is 0 Å². The molecule has 0 aliphatic carbocycles. The molecular formula is C15H31N3O. The molecule has 2 atom stereocenters. The Morgan fingerprint density at radius 1 is 1.42 bits per heavy atom. The Kier molecular flexibility index (Phi) is 8.07. The fourth-order valence-corrected chi connectivity index (χ4v) is 2.67. The summed E-state index contributed by atoms with van der Waals surface area (Å²) >= 11 is 0. The molecule has 0 saturated carbocycles. The van der Waals surface area contributed by atoms with Crippen LogP contribution in [0.15, 0.2) is 0 Å². The van der Waals surface area contributed by atoms with Crippen LogP contribution >= 0.6 is 0 Å². The summed E-state index contributed by atoms with van der Waals surface area (Å²) in [6, 6.07) is 0.380. The highest BCUT2D eigenvalue weighted by molar-refractivity contribution is 5.81. The second-order valence-corrected chi connectivity index (χ2v) is 5.77. The number of hydrogen-bond donors (Lipinski definition) is 2. The number of nitrogens with two attached hydrogens (primary N) is 1. The fourth-order valence-electron chi connectivity index (χ4n) is 2.67. The molecule has 1 fully saturated rings. The molecule has 1 rings (SSSR count). The summed E-state index contributed by atoms with van der Waals surface area (Å²) < 4.78 is 0. The average molecular weight is 269 g/mol. The summed E-state index contributed by atoms with van der Waals surface area (Å²) in [5.74, 6) is 0.0140. The Morgan fingerprint density at radius 2 is 2.21 bits per heavy atom. The van der Waals surface area contributed by atoms with Crippen molar-refractivity contribution in [2.45, 2.75) is 70.9 Å². The maximum Gasteiger partial charge on any atom is 0.236 e. The number of likely N-dealkylation sites (tertiary alicyclic amines) is 1. The summed E-state index contributed by atoms with van der Waals surface area (Å²) in [7, 11) is 0. The minimum absolute atomic E-state index is 0.0140. The fraction of sp³-hybridized carbons (Fsp3) is 0.933. The van der Waals surface area contributed by atoms with E-state index >= 15 is 0 Å². The lowest BCUT2D eigenvalue weighted by Gasteiger charge is -2.33. The summed E-state index contributed by atoms with van der Waals surface area (Å²) in [5, 5.41) is 2.96. The summed E-state index contributed by atoms with van der Waals surface area (Å²) in [4.78, 5) is 14.2. The molecule has 1 heterocycles. The van der Waals surface area contributed by atoms with E-state index in [4.69, 9.17) is 5.73 Å². The second kappa shape index (κ2) is 9.32. The molecule has 1 aliphatic rings. The first kappa shape index (κ1) is 16.4. The van der Waals surface area contributed by atoms with Crippen LogP contribution in [0, 0.1) is 0 Å². The van der Waals surface area contributed by atoms with Crippen LogP contribution in [0.25, 0.3) is 0 Å². The largest absolute Gasteiger partial charge is 0.355 e. The van der Waals surface area contributed by atoms with Crippen LogP contribution < -0.4 is 11.1 Å². The molecule has 112 valence electrons. The zero-order valence-corrected chi connectivity index (χ0v) is 12.7. The number of nitrogens with one attached hydrogen (secondary N) is 1. The monoisotopic (exact) mass is 269 g/mol. The number of hydrogen-bond acceptors (Lipinski definition) is 3. The number of nitrogens with zero attached hydrogens (tertiary/aromatic N) is 1. The van der Waals surface area contributed by atoms with Gasteiger partial charge < -0.3 is 16.0 Å². The second-order valence-electron chi connectivity index (χ2n) is 5.77. The first-order chi connectivity index (χ1) is 9.15. The van der Waals surface area contributed by atoms with Gasteiger partial charge in [-0.3, -0.25) is 4.79 Å². The number of carbonyl (C=O) groups excluding carboxylic acids is 1. The maximum atomic E-state index is 11.7. The van der Waals surface area contributed by atoms with Gasteiger partial charge in [-0.1, -0.05) is 26.2 Å². The average Bonchev–Trinajstić information content (AvgIpc) is 2.42. The van der Waals surface area contributed by atoms with Crippen molar-refractivity contribution in [3.63, 3.8) is 0 Å². The van der Waals surface area contributed by atoms with Crippen LogP contribution in [-0.4, -0.2) is 42.5 Å². The van der Waals surface area contributed by atoms with Crippen LogP contribution in [0.5, 0.6) is 0 Å². The molecule has 4 nitrogen and oxygen atoms in total. The van der Waals surface area contributed by atoms with Crippen LogP contribution in [0.2, 0.25) is 0 Å². The van der Waals surface area contributed by atoms with Crippen LogP contribution in [-0.2, 0) is 4.79 Å². The summed E-state index contributed by atoms with van der Waals surface area (Å²) in [5.41, 5.74) is 5.83. The Labute approximate surface area is 118 Å². The first-order valence-corrected chi connectivity index (χ1v) is 7.92. The molecule has 0 aromatic rings. The predicted molar refractivity (Wildman–Crippen MR) is 80.0 cm³/mol. The third-order valence-corrected chi connectivity index (χ3v) is 4.07. The lowest BCUT2D eigenvalue weighted by molar-refractivity contribution is -0.122. The molecule has 1 aliphatic heterocycles. The molecule has 1 unspecified atom stereocenters. The molecule has 19 heavy (non-hydrogen) atoms. The van der Waals surface area contributed by atoms with Gasteiger partial charge in [-0.25, -0.2) is 0 Å². The molecule has 1 saturated heterocycles. The molecule has 0 spiro atoms. The van der Waals surface area contributed by atoms with Crippen molar-refractivity contribution in [2.24, 2.45) is 5.73 Å². The van der Waals surface area contributed by atoms with Crippen molar-refractivity contribution in [3.05, 3.63) is 0 Å². The van der Waals surface area contributed by atoms with Gasteiger partial charge in [0, 0.05) is 19.1 Å². The van der Waals surface area contributed by atoms with E-state index in [1.165, 1.54) is 25.8 Å². The highest BCUT2D eigenvalue weighted by Crippen LogP contribution is 2.15. The number of amides is 1. The topological polar surface area (TPSA) is 58.4 Å². The third kappa shape index (κ3) is 6.39. The molecule has 3 N–H and O–H groups in total. The van der Waals surface area contributed by atoms with E-state index in [1.807, 2.05) is 0 Å².